The molecular weight excluding hydrogens is 164 g/mol. The zero-order valence-corrected chi connectivity index (χ0v) is 6.77. The summed E-state index contributed by atoms with van der Waals surface area (Å²) in [5, 5.41) is 8.58. The van der Waals surface area contributed by atoms with Crippen molar-refractivity contribution in [1.29, 1.82) is 5.26 Å². The molecule has 1 aliphatic rings. The Morgan fingerprint density at radius 2 is 2.15 bits per heavy atom. The predicted molar refractivity (Wildman–Crippen MR) is 48.4 cm³/mol. The average Bonchev–Trinajstić information content (AvgIpc) is 2.39. The van der Waals surface area contributed by atoms with Crippen molar-refractivity contribution in [2.45, 2.75) is 0 Å². The van der Waals surface area contributed by atoms with E-state index in [1.165, 1.54) is 6.26 Å². The van der Waals surface area contributed by atoms with Crippen molar-refractivity contribution < 1.29 is 4.74 Å². The molecule has 0 spiro atoms. The quantitative estimate of drug-likeness (QED) is 0.596. The van der Waals surface area contributed by atoms with E-state index in [4.69, 9.17) is 10.00 Å². The van der Waals surface area contributed by atoms with Crippen molar-refractivity contribution in [2.75, 3.05) is 0 Å². The summed E-state index contributed by atoms with van der Waals surface area (Å²) in [5.74, 6) is 0.719. The van der Waals surface area contributed by atoms with Crippen LogP contribution in [0.5, 0.6) is 5.75 Å². The van der Waals surface area contributed by atoms with Crippen LogP contribution < -0.4 is 4.74 Å². The number of nitrogens with zero attached hydrogens (tertiary/aromatic N) is 2. The van der Waals surface area contributed by atoms with E-state index in [1.807, 2.05) is 30.3 Å². The van der Waals surface area contributed by atoms with Gasteiger partial charge in [-0.25, -0.2) is 4.99 Å². The van der Waals surface area contributed by atoms with E-state index in [0.717, 1.165) is 11.3 Å². The lowest BCUT2D eigenvalue weighted by Crippen LogP contribution is -1.86. The van der Waals surface area contributed by atoms with E-state index in [1.54, 1.807) is 6.21 Å². The van der Waals surface area contributed by atoms with Gasteiger partial charge in [0.2, 0.25) is 0 Å². The Bertz CT molecular complexity index is 427. The molecule has 0 bridgehead atoms. The zero-order chi connectivity index (χ0) is 9.10. The third-order valence-electron chi connectivity index (χ3n) is 1.67. The number of para-hydroxylation sites is 1. The van der Waals surface area contributed by atoms with E-state index in [-0.39, 0.29) is 5.70 Å². The second-order valence-corrected chi connectivity index (χ2v) is 2.53. The Balaban J connectivity index is 2.46. The lowest BCUT2D eigenvalue weighted by Gasteiger charge is -2.00. The summed E-state index contributed by atoms with van der Waals surface area (Å²) in [5.41, 5.74) is 1.15. The molecule has 0 radical (unpaired) electrons. The normalized spacial score (nSPS) is 13.3. The van der Waals surface area contributed by atoms with Crippen LogP contribution in [0.3, 0.4) is 0 Å². The maximum Gasteiger partial charge on any atom is 0.175 e. The van der Waals surface area contributed by atoms with Gasteiger partial charge in [-0.05, 0) is 12.1 Å². The molecule has 1 aromatic rings. The molecule has 0 unspecified atom stereocenters. The fourth-order valence-electron chi connectivity index (χ4n) is 1.04. The summed E-state index contributed by atoms with van der Waals surface area (Å²) in [6.45, 7) is 0. The number of hydrogen-bond acceptors (Lipinski definition) is 3. The standard InChI is InChI=1S/C10H6N2O/c11-5-9-7-13-10-4-2-1-3-8(10)6-12-9/h1-4,6-7H. The highest BCUT2D eigenvalue weighted by Crippen LogP contribution is 2.19. The molecule has 2 rings (SSSR count). The minimum atomic E-state index is 0.274. The molecular formula is C10H6N2O. The highest BCUT2D eigenvalue weighted by Gasteiger charge is 2.03. The average molecular weight is 170 g/mol. The largest absolute Gasteiger partial charge is 0.461 e. The van der Waals surface area contributed by atoms with Gasteiger partial charge in [0.25, 0.3) is 0 Å². The van der Waals surface area contributed by atoms with Gasteiger partial charge in [0.05, 0.1) is 0 Å². The molecule has 0 atom stereocenters. The molecule has 0 saturated heterocycles. The van der Waals surface area contributed by atoms with E-state index in [0.29, 0.717) is 0 Å². The summed E-state index contributed by atoms with van der Waals surface area (Å²) < 4.78 is 5.24. The van der Waals surface area contributed by atoms with Crippen molar-refractivity contribution in [1.82, 2.24) is 0 Å². The van der Waals surface area contributed by atoms with Crippen LogP contribution in [-0.2, 0) is 0 Å². The van der Waals surface area contributed by atoms with Gasteiger partial charge < -0.3 is 4.74 Å². The van der Waals surface area contributed by atoms with Crippen molar-refractivity contribution in [3.63, 3.8) is 0 Å². The maximum atomic E-state index is 8.58. The van der Waals surface area contributed by atoms with Crippen LogP contribution in [-0.4, -0.2) is 6.21 Å². The van der Waals surface area contributed by atoms with Crippen LogP contribution in [0.1, 0.15) is 5.56 Å². The molecule has 0 N–H and O–H groups in total. The van der Waals surface area contributed by atoms with Gasteiger partial charge in [-0.15, -0.1) is 0 Å². The van der Waals surface area contributed by atoms with Gasteiger partial charge in [0, 0.05) is 11.8 Å². The van der Waals surface area contributed by atoms with Gasteiger partial charge in [-0.1, -0.05) is 12.1 Å². The molecule has 1 heterocycles. The molecule has 1 aromatic carbocycles. The van der Waals surface area contributed by atoms with Crippen molar-refractivity contribution in [2.24, 2.45) is 4.99 Å². The van der Waals surface area contributed by atoms with Crippen LogP contribution >= 0.6 is 0 Å². The van der Waals surface area contributed by atoms with Crippen molar-refractivity contribution in [3.05, 3.63) is 41.8 Å². The number of benzene rings is 1. The molecule has 1 aliphatic heterocycles. The SMILES string of the molecule is N#CC1=COc2ccccc2C=N1. The van der Waals surface area contributed by atoms with Crippen LogP contribution in [0.15, 0.2) is 41.2 Å². The van der Waals surface area contributed by atoms with Gasteiger partial charge in [0.1, 0.15) is 18.1 Å². The number of ether oxygens (including phenoxy) is 1. The second-order valence-electron chi connectivity index (χ2n) is 2.53. The maximum absolute atomic E-state index is 8.58. The molecule has 0 amide bonds. The van der Waals surface area contributed by atoms with Crippen LogP contribution in [0, 0.1) is 11.3 Å². The first-order chi connectivity index (χ1) is 6.40. The van der Waals surface area contributed by atoms with Gasteiger partial charge in [-0.2, -0.15) is 5.26 Å². The lowest BCUT2D eigenvalue weighted by molar-refractivity contribution is 0.478. The topological polar surface area (TPSA) is 45.4 Å². The Labute approximate surface area is 75.6 Å². The molecule has 0 fully saturated rings. The van der Waals surface area contributed by atoms with Gasteiger partial charge >= 0.3 is 0 Å². The molecule has 0 aliphatic carbocycles. The highest BCUT2D eigenvalue weighted by atomic mass is 16.5. The number of nitriles is 1. The number of aliphatic imine (C=N–C) groups is 1. The van der Waals surface area contributed by atoms with E-state index < -0.39 is 0 Å². The minimum absolute atomic E-state index is 0.274. The molecule has 3 nitrogen and oxygen atoms in total. The Hall–Kier alpha value is -2.08. The van der Waals surface area contributed by atoms with E-state index in [9.17, 15) is 0 Å². The van der Waals surface area contributed by atoms with Crippen LogP contribution in [0.4, 0.5) is 0 Å². The Morgan fingerprint density at radius 3 is 3.00 bits per heavy atom. The molecule has 3 heteroatoms. The van der Waals surface area contributed by atoms with Gasteiger partial charge in [0.15, 0.2) is 5.70 Å². The monoisotopic (exact) mass is 170 g/mol. The molecule has 0 aromatic heterocycles. The smallest absolute Gasteiger partial charge is 0.175 e. The Morgan fingerprint density at radius 1 is 1.31 bits per heavy atom. The summed E-state index contributed by atoms with van der Waals surface area (Å²) >= 11 is 0. The summed E-state index contributed by atoms with van der Waals surface area (Å²) in [6, 6.07) is 9.40. The number of rotatable bonds is 0. The summed E-state index contributed by atoms with van der Waals surface area (Å²) in [4.78, 5) is 3.93. The second kappa shape index (κ2) is 3.11. The highest BCUT2D eigenvalue weighted by molar-refractivity contribution is 5.85. The first-order valence-corrected chi connectivity index (χ1v) is 3.80. The fourth-order valence-corrected chi connectivity index (χ4v) is 1.04. The van der Waals surface area contributed by atoms with Crippen LogP contribution in [0.25, 0.3) is 0 Å². The third-order valence-corrected chi connectivity index (χ3v) is 1.67. The van der Waals surface area contributed by atoms with E-state index >= 15 is 0 Å². The van der Waals surface area contributed by atoms with Crippen molar-refractivity contribution in [3.8, 4) is 11.8 Å². The van der Waals surface area contributed by atoms with Crippen LogP contribution in [0.2, 0.25) is 0 Å². The number of fused-ring (bicyclic) bond motifs is 1. The lowest BCUT2D eigenvalue weighted by atomic mass is 10.2. The summed E-state index contributed by atoms with van der Waals surface area (Å²) in [7, 11) is 0. The predicted octanol–water partition coefficient (Wildman–Crippen LogP) is 1.86. The van der Waals surface area contributed by atoms with Crippen molar-refractivity contribution >= 4 is 6.21 Å². The minimum Gasteiger partial charge on any atom is -0.461 e. The van der Waals surface area contributed by atoms with Gasteiger partial charge in [-0.3, -0.25) is 0 Å². The third kappa shape index (κ3) is 1.42. The molecule has 0 saturated carbocycles. The number of hydrogen-bond donors (Lipinski definition) is 0. The Kier molecular flexibility index (Phi) is 1.81. The zero-order valence-electron chi connectivity index (χ0n) is 6.77. The fraction of sp³-hybridized carbons (Fsp3) is 0. The molecule has 62 valence electrons. The summed E-state index contributed by atoms with van der Waals surface area (Å²) in [6.07, 6.45) is 2.97. The number of allylic oxidation sites excluding steroid dienone is 1. The first kappa shape index (κ1) is 7.56. The van der Waals surface area contributed by atoms with E-state index in [2.05, 4.69) is 4.99 Å². The first-order valence-electron chi connectivity index (χ1n) is 3.80. The molecule has 13 heavy (non-hydrogen) atoms.